The predicted octanol–water partition coefficient (Wildman–Crippen LogP) is -0.555. The summed E-state index contributed by atoms with van der Waals surface area (Å²) in [7, 11) is 3.74. The van der Waals surface area contributed by atoms with Crippen molar-refractivity contribution in [3.8, 4) is 0 Å². The molecule has 5 aliphatic rings. The molecule has 4 heterocycles. The van der Waals surface area contributed by atoms with Gasteiger partial charge in [0.15, 0.2) is 6.17 Å². The summed E-state index contributed by atoms with van der Waals surface area (Å²) in [5, 5.41) is 15.8. The van der Waals surface area contributed by atoms with Crippen molar-refractivity contribution in [2.75, 3.05) is 40.5 Å². The second-order valence-electron chi connectivity index (χ2n) is 10.7. The summed E-state index contributed by atoms with van der Waals surface area (Å²) >= 11 is 1.75. The average molecular weight is 496 g/mol. The van der Waals surface area contributed by atoms with Crippen LogP contribution in [0.5, 0.6) is 0 Å². The Kier molecular flexibility index (Phi) is 7.69. The van der Waals surface area contributed by atoms with Crippen molar-refractivity contribution in [2.45, 2.75) is 74.1 Å². The van der Waals surface area contributed by atoms with Crippen LogP contribution in [0.2, 0.25) is 0 Å². The van der Waals surface area contributed by atoms with E-state index in [1.165, 1.54) is 12.8 Å². The molecule has 4 saturated heterocycles. The maximum Gasteiger partial charge on any atom is 0.255 e. The lowest BCUT2D eigenvalue weighted by atomic mass is 9.68. The number of methoxy groups -OCH3 is 1. The van der Waals surface area contributed by atoms with E-state index in [9.17, 15) is 9.59 Å². The van der Waals surface area contributed by atoms with Gasteiger partial charge in [-0.25, -0.2) is 10.4 Å². The fraction of sp³-hybridized carbons (Fsp3) is 0.913. The molecule has 5 fully saturated rings. The van der Waals surface area contributed by atoms with Crippen LogP contribution in [-0.2, 0) is 14.3 Å². The summed E-state index contributed by atoms with van der Waals surface area (Å²) in [4.78, 5) is 28.2. The number of hydrazine groups is 1. The molecule has 0 aromatic rings. The number of fused-ring (bicyclic) bond motifs is 1. The number of nitrogens with one attached hydrogen (secondary N) is 5. The fourth-order valence-corrected chi connectivity index (χ4v) is 8.05. The third kappa shape index (κ3) is 5.11. The van der Waals surface area contributed by atoms with Gasteiger partial charge in [-0.3, -0.25) is 20.2 Å². The Bertz CT molecular complexity index is 746. The van der Waals surface area contributed by atoms with Crippen molar-refractivity contribution >= 4 is 23.6 Å². The number of piperidine rings is 1. The number of rotatable bonds is 5. The number of hydrogen-bond donors (Lipinski definition) is 5. The highest BCUT2D eigenvalue weighted by Gasteiger charge is 2.47. The van der Waals surface area contributed by atoms with Gasteiger partial charge >= 0.3 is 0 Å². The first-order chi connectivity index (χ1) is 16.4. The van der Waals surface area contributed by atoms with Gasteiger partial charge in [0, 0.05) is 51.1 Å². The lowest BCUT2D eigenvalue weighted by Crippen LogP contribution is -2.55. The van der Waals surface area contributed by atoms with Gasteiger partial charge in [0.1, 0.15) is 5.50 Å². The molecule has 0 spiro atoms. The number of ether oxygens (including phenoxy) is 1. The second kappa shape index (κ2) is 10.6. The summed E-state index contributed by atoms with van der Waals surface area (Å²) in [6.45, 7) is 4.99. The molecule has 192 valence electrons. The molecule has 2 amide bonds. The summed E-state index contributed by atoms with van der Waals surface area (Å²) in [6, 6.07) is 0.633. The van der Waals surface area contributed by atoms with Crippen molar-refractivity contribution < 1.29 is 14.3 Å². The Morgan fingerprint density at radius 2 is 1.94 bits per heavy atom. The van der Waals surface area contributed by atoms with Crippen molar-refractivity contribution in [3.63, 3.8) is 0 Å². The zero-order valence-corrected chi connectivity index (χ0v) is 21.4. The first kappa shape index (κ1) is 24.7. The summed E-state index contributed by atoms with van der Waals surface area (Å²) in [5.74, 6) is 1.01. The fourth-order valence-electron chi connectivity index (χ4n) is 6.64. The summed E-state index contributed by atoms with van der Waals surface area (Å²) < 4.78 is 5.86. The van der Waals surface area contributed by atoms with Crippen LogP contribution in [0.4, 0.5) is 0 Å². The van der Waals surface area contributed by atoms with Crippen LogP contribution < -0.4 is 26.7 Å². The normalized spacial score (nSPS) is 43.1. The smallest absolute Gasteiger partial charge is 0.255 e. The van der Waals surface area contributed by atoms with Gasteiger partial charge in [0.25, 0.3) is 5.91 Å². The van der Waals surface area contributed by atoms with Crippen LogP contribution >= 0.6 is 11.8 Å². The van der Waals surface area contributed by atoms with Crippen LogP contribution in [0.15, 0.2) is 0 Å². The standard InChI is InChI=1S/C23H41N7O3S/c1-13-8-15(14-6-4-5-7-18(14)33-3)16(9-24-13)21(31)27-23-26-17-10-30(11-19(17)34-23)22(32)20-25-12-29(2)28-20/h13-20,23-26,28H,4-12H2,1-3H3,(H,27,31). The highest BCUT2D eigenvalue weighted by Crippen LogP contribution is 2.40. The molecule has 9 unspecified atom stereocenters. The van der Waals surface area contributed by atoms with E-state index in [1.807, 2.05) is 24.1 Å². The van der Waals surface area contributed by atoms with Gasteiger partial charge in [-0.15, -0.1) is 11.8 Å². The van der Waals surface area contributed by atoms with E-state index in [1.54, 1.807) is 11.8 Å². The Labute approximate surface area is 207 Å². The molecule has 0 aromatic carbocycles. The predicted molar refractivity (Wildman–Crippen MR) is 131 cm³/mol. The van der Waals surface area contributed by atoms with Gasteiger partial charge in [-0.2, -0.15) is 0 Å². The molecule has 5 rings (SSSR count). The third-order valence-electron chi connectivity index (χ3n) is 8.43. The number of hydrogen-bond acceptors (Lipinski definition) is 9. The lowest BCUT2D eigenvalue weighted by molar-refractivity contribution is -0.133. The van der Waals surface area contributed by atoms with Crippen LogP contribution in [0, 0.1) is 17.8 Å². The molecule has 1 saturated carbocycles. The van der Waals surface area contributed by atoms with E-state index < -0.39 is 0 Å². The number of nitrogens with zero attached hydrogens (tertiary/aromatic N) is 2. The molecule has 34 heavy (non-hydrogen) atoms. The van der Waals surface area contributed by atoms with E-state index in [-0.39, 0.29) is 41.5 Å². The number of amides is 2. The first-order valence-corrected chi connectivity index (χ1v) is 13.8. The van der Waals surface area contributed by atoms with Crippen LogP contribution in [0.3, 0.4) is 0 Å². The number of carbonyl (C=O) groups excluding carboxylic acids is 2. The quantitative estimate of drug-likeness (QED) is 0.343. The van der Waals surface area contributed by atoms with E-state index in [0.717, 1.165) is 25.8 Å². The van der Waals surface area contributed by atoms with Crippen molar-refractivity contribution in [1.29, 1.82) is 0 Å². The minimum absolute atomic E-state index is 0.0330. The summed E-state index contributed by atoms with van der Waals surface area (Å²) in [5.41, 5.74) is 3.04. The molecule has 10 nitrogen and oxygen atoms in total. The Hall–Kier alpha value is -0.950. The first-order valence-electron chi connectivity index (χ1n) is 12.9. The molecular weight excluding hydrogens is 454 g/mol. The monoisotopic (exact) mass is 495 g/mol. The maximum atomic E-state index is 13.5. The molecule has 0 bridgehead atoms. The molecular formula is C23H41N7O3S. The van der Waals surface area contributed by atoms with Gasteiger partial charge < -0.3 is 20.3 Å². The van der Waals surface area contributed by atoms with E-state index in [0.29, 0.717) is 42.9 Å². The highest BCUT2D eigenvalue weighted by atomic mass is 32.2. The molecule has 0 aromatic heterocycles. The molecule has 1 aliphatic carbocycles. The molecule has 4 aliphatic heterocycles. The van der Waals surface area contributed by atoms with Gasteiger partial charge in [-0.1, -0.05) is 12.8 Å². The van der Waals surface area contributed by atoms with Gasteiger partial charge in [0.2, 0.25) is 5.91 Å². The topological polar surface area (TPSA) is 110 Å². The van der Waals surface area contributed by atoms with E-state index in [2.05, 4.69) is 33.6 Å². The zero-order valence-electron chi connectivity index (χ0n) is 20.6. The highest BCUT2D eigenvalue weighted by molar-refractivity contribution is 8.00. The molecule has 0 radical (unpaired) electrons. The lowest BCUT2D eigenvalue weighted by Gasteiger charge is -2.44. The largest absolute Gasteiger partial charge is 0.381 e. The number of carbonyl (C=O) groups is 2. The summed E-state index contributed by atoms with van der Waals surface area (Å²) in [6.07, 6.45) is 5.66. The van der Waals surface area contributed by atoms with Crippen molar-refractivity contribution in [3.05, 3.63) is 0 Å². The van der Waals surface area contributed by atoms with Crippen molar-refractivity contribution in [1.82, 2.24) is 36.6 Å². The van der Waals surface area contributed by atoms with Crippen LogP contribution in [0.1, 0.15) is 39.0 Å². The van der Waals surface area contributed by atoms with Gasteiger partial charge in [0.05, 0.1) is 18.7 Å². The Morgan fingerprint density at radius 1 is 1.12 bits per heavy atom. The van der Waals surface area contributed by atoms with E-state index >= 15 is 0 Å². The van der Waals surface area contributed by atoms with Crippen LogP contribution in [-0.4, -0.2) is 97.3 Å². The number of likely N-dealkylation sites (tertiary alicyclic amines) is 1. The van der Waals surface area contributed by atoms with Gasteiger partial charge in [-0.05, 0) is 38.0 Å². The Balaban J connectivity index is 1.15. The Morgan fingerprint density at radius 3 is 2.68 bits per heavy atom. The molecule has 11 heteroatoms. The average Bonchev–Trinajstić information content (AvgIpc) is 3.53. The number of thioether (sulfide) groups is 1. The van der Waals surface area contributed by atoms with Crippen LogP contribution in [0.25, 0.3) is 0 Å². The molecule has 9 atom stereocenters. The van der Waals surface area contributed by atoms with Crippen molar-refractivity contribution in [2.24, 2.45) is 17.8 Å². The minimum atomic E-state index is -0.349. The maximum absolute atomic E-state index is 13.5. The second-order valence-corrected chi connectivity index (χ2v) is 12.1. The third-order valence-corrected chi connectivity index (χ3v) is 9.78. The SMILES string of the molecule is COC1CCCCC1C1CC(C)NCC1C(=O)NC1NC2CN(C(=O)C3NCN(C)N3)CC2S1. The minimum Gasteiger partial charge on any atom is -0.381 e. The molecule has 5 N–H and O–H groups in total. The zero-order chi connectivity index (χ0) is 23.8. The van der Waals surface area contributed by atoms with E-state index in [4.69, 9.17) is 4.74 Å².